The Labute approximate surface area is 101 Å². The van der Waals surface area contributed by atoms with Crippen molar-refractivity contribution >= 4 is 17.7 Å². The van der Waals surface area contributed by atoms with Crippen LogP contribution in [-0.4, -0.2) is 30.8 Å². The Bertz CT molecular complexity index is 310. The average molecular weight is 241 g/mol. The smallest absolute Gasteiger partial charge is 0.330 e. The number of carbonyl (C=O) groups excluding carboxylic acids is 3. The number of esters is 1. The molecule has 96 valence electrons. The zero-order valence-electron chi connectivity index (χ0n) is 10.5. The molecule has 1 atom stereocenters. The predicted molar refractivity (Wildman–Crippen MR) is 63.3 cm³/mol. The molecule has 0 aliphatic heterocycles. The molecule has 0 aliphatic carbocycles. The molecule has 1 amide bonds. The summed E-state index contributed by atoms with van der Waals surface area (Å²) >= 11 is 0. The highest BCUT2D eigenvalue weighted by Gasteiger charge is 2.14. The summed E-state index contributed by atoms with van der Waals surface area (Å²) in [5, 5.41) is 2.57. The van der Waals surface area contributed by atoms with Crippen molar-refractivity contribution in [1.82, 2.24) is 5.32 Å². The van der Waals surface area contributed by atoms with E-state index in [1.165, 1.54) is 19.3 Å². The fourth-order valence-electron chi connectivity index (χ4n) is 1.20. The van der Waals surface area contributed by atoms with E-state index in [0.717, 1.165) is 6.42 Å². The number of Topliss-reactive ketones (excluding diaryl/α,β-unsaturated/α-hetero) is 1. The first-order valence-electron chi connectivity index (χ1n) is 5.64. The highest BCUT2D eigenvalue weighted by atomic mass is 16.5. The van der Waals surface area contributed by atoms with Crippen molar-refractivity contribution in [3.05, 3.63) is 12.2 Å². The van der Waals surface area contributed by atoms with Crippen LogP contribution in [0.3, 0.4) is 0 Å². The van der Waals surface area contributed by atoms with Crippen molar-refractivity contribution in [3.8, 4) is 0 Å². The van der Waals surface area contributed by atoms with Crippen LogP contribution in [0.4, 0.5) is 0 Å². The molecular weight excluding hydrogens is 222 g/mol. The molecule has 0 radical (unpaired) electrons. The maximum atomic E-state index is 11.4. The van der Waals surface area contributed by atoms with E-state index in [2.05, 4.69) is 10.1 Å². The standard InChI is InChI=1S/C12H19NO4/c1-4-6-9(7-8-11(15)17-3)13-12(16)10(14)5-2/h7-9H,4-6H2,1-3H3,(H,13,16)/b8-7+/t9-/m0/s1. The first-order valence-corrected chi connectivity index (χ1v) is 5.64. The number of nitrogens with one attached hydrogen (secondary N) is 1. The summed E-state index contributed by atoms with van der Waals surface area (Å²) in [5.41, 5.74) is 0. The van der Waals surface area contributed by atoms with Crippen molar-refractivity contribution in [1.29, 1.82) is 0 Å². The van der Waals surface area contributed by atoms with Crippen LogP contribution in [0.2, 0.25) is 0 Å². The lowest BCUT2D eigenvalue weighted by Gasteiger charge is -2.12. The zero-order valence-corrected chi connectivity index (χ0v) is 10.5. The second-order valence-corrected chi connectivity index (χ2v) is 3.53. The monoisotopic (exact) mass is 241 g/mol. The van der Waals surface area contributed by atoms with E-state index in [1.807, 2.05) is 6.92 Å². The molecule has 0 aromatic carbocycles. The number of ketones is 1. The number of hydrogen-bond donors (Lipinski definition) is 1. The Morgan fingerprint density at radius 3 is 2.41 bits per heavy atom. The van der Waals surface area contributed by atoms with E-state index < -0.39 is 17.7 Å². The van der Waals surface area contributed by atoms with Crippen LogP contribution in [0.1, 0.15) is 33.1 Å². The topological polar surface area (TPSA) is 72.5 Å². The van der Waals surface area contributed by atoms with Crippen molar-refractivity contribution < 1.29 is 19.1 Å². The van der Waals surface area contributed by atoms with Crippen LogP contribution in [0.25, 0.3) is 0 Å². The number of carbonyl (C=O) groups is 3. The quantitative estimate of drug-likeness (QED) is 0.409. The van der Waals surface area contributed by atoms with Gasteiger partial charge in [0, 0.05) is 18.5 Å². The molecule has 0 aliphatic rings. The largest absolute Gasteiger partial charge is 0.466 e. The molecule has 0 fully saturated rings. The third-order valence-electron chi connectivity index (χ3n) is 2.16. The summed E-state index contributed by atoms with van der Waals surface area (Å²) in [5.74, 6) is -1.56. The van der Waals surface area contributed by atoms with E-state index in [9.17, 15) is 14.4 Å². The van der Waals surface area contributed by atoms with Crippen LogP contribution >= 0.6 is 0 Å². The molecule has 17 heavy (non-hydrogen) atoms. The van der Waals surface area contributed by atoms with Gasteiger partial charge in [0.05, 0.1) is 7.11 Å². The van der Waals surface area contributed by atoms with Gasteiger partial charge in [0.2, 0.25) is 5.78 Å². The lowest BCUT2D eigenvalue weighted by Crippen LogP contribution is -2.38. The van der Waals surface area contributed by atoms with E-state index in [4.69, 9.17) is 0 Å². The van der Waals surface area contributed by atoms with E-state index in [-0.39, 0.29) is 12.5 Å². The Morgan fingerprint density at radius 2 is 1.94 bits per heavy atom. The van der Waals surface area contributed by atoms with E-state index in [1.54, 1.807) is 6.92 Å². The SMILES string of the molecule is CCC[C@@H](/C=C/C(=O)OC)NC(=O)C(=O)CC. The Kier molecular flexibility index (Phi) is 7.67. The molecule has 0 saturated heterocycles. The minimum atomic E-state index is -0.611. The molecular formula is C12H19NO4. The molecule has 0 unspecified atom stereocenters. The van der Waals surface area contributed by atoms with Gasteiger partial charge in [-0.3, -0.25) is 9.59 Å². The second kappa shape index (κ2) is 8.50. The van der Waals surface area contributed by atoms with Gasteiger partial charge < -0.3 is 10.1 Å². The third kappa shape index (κ3) is 6.50. The van der Waals surface area contributed by atoms with Crippen molar-refractivity contribution in [3.63, 3.8) is 0 Å². The average Bonchev–Trinajstić information content (AvgIpc) is 2.34. The summed E-state index contributed by atoms with van der Waals surface area (Å²) in [7, 11) is 1.28. The fourth-order valence-corrected chi connectivity index (χ4v) is 1.20. The Morgan fingerprint density at radius 1 is 1.29 bits per heavy atom. The van der Waals surface area contributed by atoms with Gasteiger partial charge in [-0.2, -0.15) is 0 Å². The van der Waals surface area contributed by atoms with Gasteiger partial charge in [0.15, 0.2) is 0 Å². The molecule has 0 heterocycles. The highest BCUT2D eigenvalue weighted by molar-refractivity contribution is 6.36. The summed E-state index contributed by atoms with van der Waals surface area (Å²) < 4.78 is 4.45. The second-order valence-electron chi connectivity index (χ2n) is 3.53. The van der Waals surface area contributed by atoms with Gasteiger partial charge >= 0.3 is 5.97 Å². The van der Waals surface area contributed by atoms with Crippen molar-refractivity contribution in [2.75, 3.05) is 7.11 Å². The molecule has 0 aromatic heterocycles. The lowest BCUT2D eigenvalue weighted by atomic mass is 10.1. The Balaban J connectivity index is 4.43. The van der Waals surface area contributed by atoms with Crippen LogP contribution < -0.4 is 5.32 Å². The maximum Gasteiger partial charge on any atom is 0.330 e. The molecule has 0 saturated carbocycles. The number of hydrogen-bond acceptors (Lipinski definition) is 4. The zero-order chi connectivity index (χ0) is 13.3. The first-order chi connectivity index (χ1) is 8.04. The van der Waals surface area contributed by atoms with Crippen molar-refractivity contribution in [2.24, 2.45) is 0 Å². The van der Waals surface area contributed by atoms with Crippen LogP contribution in [0.5, 0.6) is 0 Å². The molecule has 0 aromatic rings. The summed E-state index contributed by atoms with van der Waals surface area (Å²) in [4.78, 5) is 33.4. The van der Waals surface area contributed by atoms with E-state index in [0.29, 0.717) is 6.42 Å². The predicted octanol–water partition coefficient (Wildman–Crippen LogP) is 0.980. The third-order valence-corrected chi connectivity index (χ3v) is 2.16. The van der Waals surface area contributed by atoms with Crippen LogP contribution in [0.15, 0.2) is 12.2 Å². The summed E-state index contributed by atoms with van der Waals surface area (Å²) in [6.07, 6.45) is 4.45. The molecule has 0 rings (SSSR count). The molecule has 5 nitrogen and oxygen atoms in total. The van der Waals surface area contributed by atoms with Gasteiger partial charge in [-0.1, -0.05) is 26.3 Å². The molecule has 0 bridgehead atoms. The summed E-state index contributed by atoms with van der Waals surface area (Å²) in [6, 6.07) is -0.318. The number of amides is 1. The van der Waals surface area contributed by atoms with Crippen LogP contribution in [-0.2, 0) is 19.1 Å². The van der Waals surface area contributed by atoms with Gasteiger partial charge in [-0.25, -0.2) is 4.79 Å². The van der Waals surface area contributed by atoms with Gasteiger partial charge in [-0.15, -0.1) is 0 Å². The number of methoxy groups -OCH3 is 1. The lowest BCUT2D eigenvalue weighted by molar-refractivity contribution is -0.138. The van der Waals surface area contributed by atoms with Gasteiger partial charge in [0.25, 0.3) is 5.91 Å². The highest BCUT2D eigenvalue weighted by Crippen LogP contribution is 1.99. The summed E-state index contributed by atoms with van der Waals surface area (Å²) in [6.45, 7) is 3.58. The van der Waals surface area contributed by atoms with Crippen molar-refractivity contribution in [2.45, 2.75) is 39.2 Å². The number of rotatable bonds is 7. The molecule has 5 heteroatoms. The van der Waals surface area contributed by atoms with Gasteiger partial charge in [-0.05, 0) is 6.42 Å². The minimum absolute atomic E-state index is 0.172. The maximum absolute atomic E-state index is 11.4. The van der Waals surface area contributed by atoms with E-state index >= 15 is 0 Å². The molecule has 0 spiro atoms. The minimum Gasteiger partial charge on any atom is -0.466 e. The normalized spacial score (nSPS) is 12.2. The van der Waals surface area contributed by atoms with Crippen LogP contribution in [0, 0.1) is 0 Å². The molecule has 1 N–H and O–H groups in total. The van der Waals surface area contributed by atoms with Gasteiger partial charge in [0.1, 0.15) is 0 Å². The number of ether oxygens (including phenoxy) is 1. The Hall–Kier alpha value is -1.65. The first kappa shape index (κ1) is 15.3. The fraction of sp³-hybridized carbons (Fsp3) is 0.583.